The summed E-state index contributed by atoms with van der Waals surface area (Å²) in [6.07, 6.45) is 5.56. The minimum absolute atomic E-state index is 0.300. The molecule has 0 unspecified atom stereocenters. The number of aromatic nitrogens is 1. The molecule has 0 fully saturated rings. The van der Waals surface area contributed by atoms with Crippen LogP contribution in [0.5, 0.6) is 5.75 Å². The van der Waals surface area contributed by atoms with Crippen molar-refractivity contribution in [1.29, 1.82) is 0 Å². The molecule has 0 saturated carbocycles. The minimum atomic E-state index is -0.507. The van der Waals surface area contributed by atoms with Gasteiger partial charge >= 0.3 is 5.97 Å². The Balaban J connectivity index is 2.13. The fourth-order valence-electron chi connectivity index (χ4n) is 0.995. The van der Waals surface area contributed by atoms with Crippen molar-refractivity contribution >= 4 is 17.6 Å². The number of pyridine rings is 1. The molecule has 0 aliphatic rings. The predicted octanol–water partition coefficient (Wildman–Crippen LogP) is 2.55. The molecule has 15 heavy (non-hydrogen) atoms. The number of furan rings is 1. The number of halogens is 1. The average molecular weight is 224 g/mol. The van der Waals surface area contributed by atoms with Crippen LogP contribution in [-0.4, -0.2) is 11.0 Å². The van der Waals surface area contributed by atoms with Gasteiger partial charge in [0, 0.05) is 12.3 Å². The number of esters is 1. The summed E-state index contributed by atoms with van der Waals surface area (Å²) >= 11 is 5.68. The van der Waals surface area contributed by atoms with Crippen LogP contribution >= 0.6 is 11.6 Å². The first-order valence-corrected chi connectivity index (χ1v) is 4.48. The summed E-state index contributed by atoms with van der Waals surface area (Å²) in [7, 11) is 0. The molecule has 5 heteroatoms. The zero-order valence-corrected chi connectivity index (χ0v) is 8.27. The quantitative estimate of drug-likeness (QED) is 0.735. The number of rotatable bonds is 2. The number of hydrogen-bond donors (Lipinski definition) is 0. The first-order valence-electron chi connectivity index (χ1n) is 4.10. The molecule has 0 amide bonds. The molecular formula is C10H6ClNO3. The van der Waals surface area contributed by atoms with Crippen molar-refractivity contribution < 1.29 is 13.9 Å². The second-order valence-corrected chi connectivity index (χ2v) is 3.18. The Morgan fingerprint density at radius 1 is 1.47 bits per heavy atom. The second-order valence-electron chi connectivity index (χ2n) is 2.74. The van der Waals surface area contributed by atoms with Gasteiger partial charge < -0.3 is 9.15 Å². The Bertz CT molecular complexity index is 467. The summed E-state index contributed by atoms with van der Waals surface area (Å²) < 4.78 is 9.75. The molecule has 0 bridgehead atoms. The molecule has 2 aromatic heterocycles. The van der Waals surface area contributed by atoms with E-state index in [-0.39, 0.29) is 0 Å². The zero-order valence-electron chi connectivity index (χ0n) is 7.51. The largest absolute Gasteiger partial charge is 0.472 e. The molecule has 0 saturated heterocycles. The van der Waals surface area contributed by atoms with Crippen molar-refractivity contribution in [2.45, 2.75) is 0 Å². The molecule has 0 radical (unpaired) electrons. The molecule has 0 N–H and O–H groups in total. The van der Waals surface area contributed by atoms with E-state index in [0.29, 0.717) is 16.3 Å². The summed E-state index contributed by atoms with van der Waals surface area (Å²) in [5.41, 5.74) is 0.343. The summed E-state index contributed by atoms with van der Waals surface area (Å²) in [6.45, 7) is 0. The van der Waals surface area contributed by atoms with Crippen LogP contribution in [0.15, 0.2) is 41.5 Å². The van der Waals surface area contributed by atoms with Crippen molar-refractivity contribution in [2.24, 2.45) is 0 Å². The number of hydrogen-bond acceptors (Lipinski definition) is 4. The van der Waals surface area contributed by atoms with E-state index in [0.717, 1.165) is 0 Å². The highest BCUT2D eigenvalue weighted by Crippen LogP contribution is 2.16. The third-order valence-electron chi connectivity index (χ3n) is 1.65. The van der Waals surface area contributed by atoms with Crippen LogP contribution in [-0.2, 0) is 0 Å². The highest BCUT2D eigenvalue weighted by atomic mass is 35.5. The van der Waals surface area contributed by atoms with Crippen molar-refractivity contribution in [3.05, 3.63) is 47.6 Å². The Morgan fingerprint density at radius 3 is 3.00 bits per heavy atom. The van der Waals surface area contributed by atoms with E-state index >= 15 is 0 Å². The predicted molar refractivity (Wildman–Crippen MR) is 52.9 cm³/mol. The van der Waals surface area contributed by atoms with E-state index in [1.807, 2.05) is 0 Å². The standard InChI is InChI=1S/C10H6ClNO3/c11-8-3-9(5-12-4-8)15-10(13)7-1-2-14-6-7/h1-6H. The van der Waals surface area contributed by atoms with Crippen LogP contribution in [0.25, 0.3) is 0 Å². The van der Waals surface area contributed by atoms with Crippen LogP contribution in [0.1, 0.15) is 10.4 Å². The highest BCUT2D eigenvalue weighted by molar-refractivity contribution is 6.30. The van der Waals surface area contributed by atoms with E-state index < -0.39 is 5.97 Å². The first-order chi connectivity index (χ1) is 7.25. The van der Waals surface area contributed by atoms with Crippen molar-refractivity contribution in [1.82, 2.24) is 4.98 Å². The molecule has 0 aromatic carbocycles. The lowest BCUT2D eigenvalue weighted by molar-refractivity contribution is 0.0733. The lowest BCUT2D eigenvalue weighted by atomic mass is 10.3. The molecule has 2 rings (SSSR count). The van der Waals surface area contributed by atoms with Gasteiger partial charge in [-0.1, -0.05) is 11.6 Å². The van der Waals surface area contributed by atoms with Gasteiger partial charge in [-0.2, -0.15) is 0 Å². The van der Waals surface area contributed by atoms with E-state index in [1.165, 1.54) is 37.1 Å². The van der Waals surface area contributed by atoms with Gasteiger partial charge in [-0.3, -0.25) is 4.98 Å². The van der Waals surface area contributed by atoms with Gasteiger partial charge in [-0.05, 0) is 6.07 Å². The number of carbonyl (C=O) groups excluding carboxylic acids is 1. The molecule has 4 nitrogen and oxygen atoms in total. The molecule has 0 aliphatic carbocycles. The summed E-state index contributed by atoms with van der Waals surface area (Å²) in [4.78, 5) is 15.2. The van der Waals surface area contributed by atoms with E-state index in [4.69, 9.17) is 20.8 Å². The van der Waals surface area contributed by atoms with Crippen molar-refractivity contribution in [2.75, 3.05) is 0 Å². The summed E-state index contributed by atoms with van der Waals surface area (Å²) in [5, 5.41) is 0.410. The van der Waals surface area contributed by atoms with Gasteiger partial charge in [-0.15, -0.1) is 0 Å². The van der Waals surface area contributed by atoms with Crippen LogP contribution in [0.2, 0.25) is 5.02 Å². The van der Waals surface area contributed by atoms with Crippen LogP contribution < -0.4 is 4.74 Å². The highest BCUT2D eigenvalue weighted by Gasteiger charge is 2.09. The van der Waals surface area contributed by atoms with E-state index in [2.05, 4.69) is 4.98 Å². The molecule has 0 aliphatic heterocycles. The van der Waals surface area contributed by atoms with Gasteiger partial charge in [0.15, 0.2) is 5.75 Å². The molecule has 0 spiro atoms. The van der Waals surface area contributed by atoms with Crippen LogP contribution in [0, 0.1) is 0 Å². The fourth-order valence-corrected chi connectivity index (χ4v) is 1.16. The number of carbonyl (C=O) groups is 1. The molecule has 2 aromatic rings. The first kappa shape index (κ1) is 9.73. The number of nitrogens with zero attached hydrogens (tertiary/aromatic N) is 1. The average Bonchev–Trinajstić information content (AvgIpc) is 2.70. The summed E-state index contributed by atoms with van der Waals surface area (Å²) in [5.74, 6) is -0.207. The monoisotopic (exact) mass is 223 g/mol. The molecule has 2 heterocycles. The number of ether oxygens (including phenoxy) is 1. The molecule has 0 atom stereocenters. The molecular weight excluding hydrogens is 218 g/mol. The smallest absolute Gasteiger partial charge is 0.346 e. The Morgan fingerprint density at radius 2 is 2.33 bits per heavy atom. The fraction of sp³-hybridized carbons (Fsp3) is 0. The topological polar surface area (TPSA) is 52.3 Å². The Labute approximate surface area is 90.4 Å². The van der Waals surface area contributed by atoms with E-state index in [9.17, 15) is 4.79 Å². The second kappa shape index (κ2) is 4.14. The van der Waals surface area contributed by atoms with Gasteiger partial charge in [-0.25, -0.2) is 4.79 Å². The SMILES string of the molecule is O=C(Oc1cncc(Cl)c1)c1ccoc1. The Kier molecular flexibility index (Phi) is 2.69. The van der Waals surface area contributed by atoms with Crippen molar-refractivity contribution in [3.63, 3.8) is 0 Å². The van der Waals surface area contributed by atoms with Crippen LogP contribution in [0.3, 0.4) is 0 Å². The van der Waals surface area contributed by atoms with Gasteiger partial charge in [0.25, 0.3) is 0 Å². The van der Waals surface area contributed by atoms with Crippen molar-refractivity contribution in [3.8, 4) is 5.75 Å². The maximum absolute atomic E-state index is 11.4. The van der Waals surface area contributed by atoms with Crippen LogP contribution in [0.4, 0.5) is 0 Å². The van der Waals surface area contributed by atoms with Gasteiger partial charge in [0.1, 0.15) is 6.26 Å². The zero-order chi connectivity index (χ0) is 10.7. The maximum atomic E-state index is 11.4. The van der Waals surface area contributed by atoms with Gasteiger partial charge in [0.2, 0.25) is 0 Å². The van der Waals surface area contributed by atoms with Gasteiger partial charge in [0.05, 0.1) is 23.0 Å². The summed E-state index contributed by atoms with van der Waals surface area (Å²) in [6, 6.07) is 3.02. The third kappa shape index (κ3) is 2.35. The van der Waals surface area contributed by atoms with E-state index in [1.54, 1.807) is 0 Å². The Hall–Kier alpha value is -1.81. The minimum Gasteiger partial charge on any atom is -0.472 e. The lowest BCUT2D eigenvalue weighted by Gasteiger charge is -2.01. The lowest BCUT2D eigenvalue weighted by Crippen LogP contribution is -2.07. The normalized spacial score (nSPS) is 9.93. The molecule has 76 valence electrons. The maximum Gasteiger partial charge on any atom is 0.346 e. The third-order valence-corrected chi connectivity index (χ3v) is 1.85.